The van der Waals surface area contributed by atoms with E-state index in [4.69, 9.17) is 0 Å². The fourth-order valence-electron chi connectivity index (χ4n) is 3.18. The van der Waals surface area contributed by atoms with Crippen LogP contribution in [0.1, 0.15) is 42.3 Å². The third-order valence-electron chi connectivity index (χ3n) is 4.90. The van der Waals surface area contributed by atoms with Crippen LogP contribution >= 0.6 is 0 Å². The molecule has 0 atom stereocenters. The van der Waals surface area contributed by atoms with E-state index in [1.165, 1.54) is 18.2 Å². The van der Waals surface area contributed by atoms with E-state index in [0.29, 0.717) is 18.0 Å². The van der Waals surface area contributed by atoms with Gasteiger partial charge in [0.15, 0.2) is 18.2 Å². The highest BCUT2D eigenvalue weighted by Gasteiger charge is 2.33. The molecule has 0 radical (unpaired) electrons. The number of carbonyl (C=O) groups excluding carboxylic acids is 1. The first kappa shape index (κ1) is 19.6. The summed E-state index contributed by atoms with van der Waals surface area (Å²) in [6.07, 6.45) is 3.54. The molecule has 3 N–H and O–H groups in total. The molecule has 0 amide bonds. The first-order valence-electron chi connectivity index (χ1n) is 9.17. The second-order valence-corrected chi connectivity index (χ2v) is 8.23. The molecule has 28 heavy (non-hydrogen) atoms. The number of hydrogen-bond acceptors (Lipinski definition) is 5. The first-order valence-corrected chi connectivity index (χ1v) is 9.17. The predicted molar refractivity (Wildman–Crippen MR) is 110 cm³/mol. The summed E-state index contributed by atoms with van der Waals surface area (Å²) in [5.74, 6) is -1.00. The van der Waals surface area contributed by atoms with Crippen LogP contribution in [0.15, 0.2) is 35.9 Å². The Morgan fingerprint density at radius 2 is 1.79 bits per heavy atom. The number of benzene rings is 2. The molecule has 0 spiro atoms. The Hall–Kier alpha value is -3.20. The van der Waals surface area contributed by atoms with Crippen LogP contribution in [-0.4, -0.2) is 27.8 Å². The molecular weight excluding hydrogens is 353 g/mol. The van der Waals surface area contributed by atoms with Crippen molar-refractivity contribution in [2.45, 2.75) is 38.8 Å². The van der Waals surface area contributed by atoms with E-state index in [1.807, 2.05) is 32.9 Å². The Bertz CT molecular complexity index is 1020. The molecule has 1 heterocycles. The third-order valence-corrected chi connectivity index (χ3v) is 4.90. The van der Waals surface area contributed by atoms with Gasteiger partial charge < -0.3 is 15.3 Å². The summed E-state index contributed by atoms with van der Waals surface area (Å²) in [7, 11) is 0. The van der Waals surface area contributed by atoms with Crippen LogP contribution in [0.4, 0.5) is 0 Å². The van der Waals surface area contributed by atoms with E-state index >= 15 is 0 Å². The van der Waals surface area contributed by atoms with E-state index in [-0.39, 0.29) is 22.3 Å². The largest absolute Gasteiger partial charge is 0.508 e. The Labute approximate surface area is 164 Å². The molecule has 0 unspecified atom stereocenters. The minimum absolute atomic E-state index is 0.0858. The van der Waals surface area contributed by atoms with Crippen LogP contribution in [0.3, 0.4) is 0 Å². The Morgan fingerprint density at radius 3 is 2.32 bits per heavy atom. The van der Waals surface area contributed by atoms with Crippen molar-refractivity contribution in [2.24, 2.45) is 0 Å². The maximum absolute atomic E-state index is 12.7. The lowest BCUT2D eigenvalue weighted by atomic mass is 9.61. The number of carbonyl (C=O) groups is 1. The maximum Gasteiger partial charge on any atom is 0.203 e. The fraction of sp³-hybridized carbons (Fsp3) is 0.273. The summed E-state index contributed by atoms with van der Waals surface area (Å²) in [4.78, 5) is 12.7. The molecule has 142 valence electrons. The second-order valence-electron chi connectivity index (χ2n) is 8.23. The van der Waals surface area contributed by atoms with Crippen LogP contribution in [0.25, 0.3) is 6.08 Å². The first-order chi connectivity index (χ1) is 13.1. The minimum Gasteiger partial charge on any atom is -0.508 e. The highest BCUT2D eigenvalue weighted by Crippen LogP contribution is 2.34. The molecule has 5 nitrogen and oxygen atoms in total. The number of ketones is 1. The zero-order chi connectivity index (χ0) is 20.6. The van der Waals surface area contributed by atoms with Gasteiger partial charge in [0.05, 0.1) is 0 Å². The summed E-state index contributed by atoms with van der Waals surface area (Å²) in [5, 5.41) is 39.2. The van der Waals surface area contributed by atoms with E-state index in [0.717, 1.165) is 29.7 Å². The van der Waals surface area contributed by atoms with Crippen molar-refractivity contribution in [1.29, 1.82) is 5.26 Å². The quantitative estimate of drug-likeness (QED) is 0.249. The number of nitrogens with zero attached hydrogens (tertiary/aromatic N) is 1. The van der Waals surface area contributed by atoms with E-state index in [9.17, 15) is 25.4 Å². The highest BCUT2D eigenvalue weighted by atomic mass is 16.3. The van der Waals surface area contributed by atoms with Gasteiger partial charge in [0.2, 0.25) is 5.78 Å². The summed E-state index contributed by atoms with van der Waals surface area (Å²) in [6, 6.07) is 9.27. The topological polar surface area (TPSA) is 102 Å². The van der Waals surface area contributed by atoms with Gasteiger partial charge in [-0.2, -0.15) is 5.26 Å². The SMILES string of the molecule is CC(C)(C)c1cc(/C=C(\C#N)C(=O)c2ccc(O)c(O)c2)cc(B2CC2)c1O. The smallest absolute Gasteiger partial charge is 0.203 e. The zero-order valence-corrected chi connectivity index (χ0v) is 16.2. The van der Waals surface area contributed by atoms with Crippen molar-refractivity contribution in [3.05, 3.63) is 52.6 Å². The van der Waals surface area contributed by atoms with E-state index < -0.39 is 11.5 Å². The lowest BCUT2D eigenvalue weighted by Crippen LogP contribution is -2.22. The summed E-state index contributed by atoms with van der Waals surface area (Å²) >= 11 is 0. The Kier molecular flexibility index (Phi) is 4.95. The zero-order valence-electron chi connectivity index (χ0n) is 16.2. The summed E-state index contributed by atoms with van der Waals surface area (Å²) in [6.45, 7) is 6.32. The number of Topliss-reactive ketones (excluding diaryl/α,β-unsaturated/α-hetero) is 1. The van der Waals surface area contributed by atoms with Gasteiger partial charge >= 0.3 is 0 Å². The number of phenols is 3. The van der Waals surface area contributed by atoms with Gasteiger partial charge in [-0.25, -0.2) is 0 Å². The van der Waals surface area contributed by atoms with Crippen molar-refractivity contribution >= 4 is 24.0 Å². The molecule has 1 fully saturated rings. The molecule has 1 aliphatic rings. The molecule has 0 aliphatic carbocycles. The van der Waals surface area contributed by atoms with Crippen LogP contribution in [0.2, 0.25) is 12.6 Å². The van der Waals surface area contributed by atoms with Gasteiger partial charge in [-0.3, -0.25) is 4.79 Å². The number of rotatable bonds is 4. The van der Waals surface area contributed by atoms with Gasteiger partial charge in [0.1, 0.15) is 17.4 Å². The average molecular weight is 375 g/mol. The van der Waals surface area contributed by atoms with Gasteiger partial charge in [0, 0.05) is 5.56 Å². The van der Waals surface area contributed by atoms with Gasteiger partial charge in [0.25, 0.3) is 0 Å². The molecule has 2 aromatic rings. The second kappa shape index (κ2) is 7.08. The number of hydrogen-bond donors (Lipinski definition) is 3. The van der Waals surface area contributed by atoms with Gasteiger partial charge in [-0.05, 0) is 52.3 Å². The molecular formula is C22H22BNO4. The van der Waals surface area contributed by atoms with E-state index in [1.54, 1.807) is 6.07 Å². The maximum atomic E-state index is 12.7. The number of nitriles is 1. The van der Waals surface area contributed by atoms with Crippen molar-refractivity contribution in [1.82, 2.24) is 0 Å². The minimum atomic E-state index is -0.545. The predicted octanol–water partition coefficient (Wildman–Crippen LogP) is 3.61. The van der Waals surface area contributed by atoms with E-state index in [2.05, 4.69) is 0 Å². The molecule has 0 aromatic heterocycles. The lowest BCUT2D eigenvalue weighted by molar-refractivity contribution is 0.103. The van der Waals surface area contributed by atoms with Crippen LogP contribution in [0.5, 0.6) is 17.2 Å². The summed E-state index contributed by atoms with van der Waals surface area (Å²) < 4.78 is 0. The van der Waals surface area contributed by atoms with Crippen molar-refractivity contribution < 1.29 is 20.1 Å². The molecule has 3 rings (SSSR count). The number of allylic oxidation sites excluding steroid dienone is 1. The lowest BCUT2D eigenvalue weighted by Gasteiger charge is -2.23. The summed E-state index contributed by atoms with van der Waals surface area (Å²) in [5.41, 5.74) is 2.04. The highest BCUT2D eigenvalue weighted by molar-refractivity contribution is 6.83. The molecule has 6 heteroatoms. The molecule has 0 saturated carbocycles. The molecule has 1 saturated heterocycles. The fourth-order valence-corrected chi connectivity index (χ4v) is 3.18. The third kappa shape index (κ3) is 3.89. The van der Waals surface area contributed by atoms with Crippen molar-refractivity contribution in [3.63, 3.8) is 0 Å². The Morgan fingerprint density at radius 1 is 1.11 bits per heavy atom. The molecule has 0 bridgehead atoms. The monoisotopic (exact) mass is 375 g/mol. The normalized spacial score (nSPS) is 13.9. The molecule has 2 aromatic carbocycles. The van der Waals surface area contributed by atoms with Crippen LogP contribution in [0, 0.1) is 11.3 Å². The number of phenolic OH excluding ortho intramolecular Hbond substituents is 3. The van der Waals surface area contributed by atoms with Crippen LogP contribution in [-0.2, 0) is 5.41 Å². The van der Waals surface area contributed by atoms with Crippen molar-refractivity contribution in [3.8, 4) is 23.3 Å². The van der Waals surface area contributed by atoms with Crippen LogP contribution < -0.4 is 5.46 Å². The standard InChI is InChI=1S/C22H22BNO4/c1-22(2,3)16-9-13(10-17(21(16)28)23-6-7-23)8-15(12-24)20(27)14-4-5-18(25)19(26)11-14/h4-5,8-11,25-26,28H,6-7H2,1-3H3/b15-8+. The van der Waals surface area contributed by atoms with Gasteiger partial charge in [-0.1, -0.05) is 39.5 Å². The average Bonchev–Trinajstić information content (AvgIpc) is 3.46. The van der Waals surface area contributed by atoms with Crippen molar-refractivity contribution in [2.75, 3.05) is 0 Å². The number of aromatic hydroxyl groups is 3. The molecule has 1 aliphatic heterocycles. The van der Waals surface area contributed by atoms with Gasteiger partial charge in [-0.15, -0.1) is 0 Å². The Balaban J connectivity index is 2.07.